The van der Waals surface area contributed by atoms with Gasteiger partial charge in [0.15, 0.2) is 5.13 Å². The zero-order valence-electron chi connectivity index (χ0n) is 17.0. The van der Waals surface area contributed by atoms with Gasteiger partial charge in [0.05, 0.1) is 4.90 Å². The number of anilines is 3. The standard InChI is InChI=1S/C22H22N4O3S2.2H2/c1-15-3-2-4-19-18(15)9-12-26(19)20-10-13-25(21(20)27)16-5-7-17(8-6-16)31(28,29)24-22-23-11-14-30-22;;/h2-8,11,14,20H,9-10,12-13H2,1H3,(H,23,24);2*1H/t20-;;/m0../s1. The fourth-order valence-electron chi connectivity index (χ4n) is 4.42. The topological polar surface area (TPSA) is 82.6 Å². The SMILES string of the molecule is Cc1cccc2c1CCN2[C@H]1CCN(c2ccc(S(=O)(=O)Nc3nccs3)cc2)C1=O.[HH].[HH]. The van der Waals surface area contributed by atoms with Crippen molar-refractivity contribution in [1.82, 2.24) is 4.98 Å². The second kappa shape index (κ2) is 7.65. The summed E-state index contributed by atoms with van der Waals surface area (Å²) >= 11 is 1.22. The van der Waals surface area contributed by atoms with Gasteiger partial charge in [-0.1, -0.05) is 12.1 Å². The quantitative estimate of drug-likeness (QED) is 0.627. The van der Waals surface area contributed by atoms with E-state index in [2.05, 4.69) is 33.7 Å². The number of benzene rings is 2. The third kappa shape index (κ3) is 3.57. The first-order chi connectivity index (χ1) is 14.9. The summed E-state index contributed by atoms with van der Waals surface area (Å²) in [6.07, 6.45) is 3.25. The summed E-state index contributed by atoms with van der Waals surface area (Å²) in [7, 11) is -3.71. The third-order valence-corrected chi connectivity index (χ3v) is 8.14. The van der Waals surface area contributed by atoms with Crippen LogP contribution in [0.3, 0.4) is 0 Å². The van der Waals surface area contributed by atoms with Crippen molar-refractivity contribution in [3.8, 4) is 0 Å². The molecular formula is C22H26N4O3S2. The predicted molar refractivity (Wildman–Crippen MR) is 127 cm³/mol. The predicted octanol–water partition coefficient (Wildman–Crippen LogP) is 3.91. The molecule has 2 aliphatic rings. The van der Waals surface area contributed by atoms with Crippen LogP contribution in [0.5, 0.6) is 0 Å². The summed E-state index contributed by atoms with van der Waals surface area (Å²) in [6.45, 7) is 3.58. The molecule has 0 unspecified atom stereocenters. The van der Waals surface area contributed by atoms with E-state index in [0.29, 0.717) is 17.4 Å². The molecule has 1 aromatic heterocycles. The average Bonchev–Trinajstić information content (AvgIpc) is 3.48. The van der Waals surface area contributed by atoms with Crippen LogP contribution in [-0.2, 0) is 21.2 Å². The normalized spacial score (nSPS) is 18.5. The summed E-state index contributed by atoms with van der Waals surface area (Å²) < 4.78 is 27.5. The van der Waals surface area contributed by atoms with Crippen LogP contribution in [-0.4, -0.2) is 38.4 Å². The van der Waals surface area contributed by atoms with Crippen LogP contribution < -0.4 is 14.5 Å². The van der Waals surface area contributed by atoms with Gasteiger partial charge >= 0.3 is 0 Å². The first-order valence-corrected chi connectivity index (χ1v) is 12.5. The lowest BCUT2D eigenvalue weighted by molar-refractivity contribution is -0.118. The van der Waals surface area contributed by atoms with Gasteiger partial charge in [0, 0.05) is 38.9 Å². The molecule has 0 aliphatic carbocycles. The maximum Gasteiger partial charge on any atom is 0.263 e. The number of nitrogens with zero attached hydrogens (tertiary/aromatic N) is 3. The summed E-state index contributed by atoms with van der Waals surface area (Å²) in [4.78, 5) is 21.3. The monoisotopic (exact) mass is 458 g/mol. The number of nitrogens with one attached hydrogen (secondary N) is 1. The van der Waals surface area contributed by atoms with E-state index in [1.54, 1.807) is 28.6 Å². The van der Waals surface area contributed by atoms with Gasteiger partial charge in [0.1, 0.15) is 6.04 Å². The number of carbonyl (C=O) groups is 1. The van der Waals surface area contributed by atoms with Gasteiger partial charge < -0.3 is 9.80 Å². The molecule has 9 heteroatoms. The lowest BCUT2D eigenvalue weighted by Gasteiger charge is -2.26. The maximum atomic E-state index is 13.2. The highest BCUT2D eigenvalue weighted by Crippen LogP contribution is 2.35. The second-order valence-electron chi connectivity index (χ2n) is 7.75. The molecular weight excluding hydrogens is 432 g/mol. The van der Waals surface area contributed by atoms with Crippen molar-refractivity contribution < 1.29 is 16.1 Å². The van der Waals surface area contributed by atoms with E-state index in [9.17, 15) is 13.2 Å². The number of hydrogen-bond acceptors (Lipinski definition) is 6. The number of thiazole rings is 1. The molecule has 1 saturated heterocycles. The van der Waals surface area contributed by atoms with E-state index in [1.807, 2.05) is 6.07 Å². The van der Waals surface area contributed by atoms with Crippen LogP contribution in [0.1, 0.15) is 20.4 Å². The highest BCUT2D eigenvalue weighted by Gasteiger charge is 2.39. The average molecular weight is 459 g/mol. The number of hydrogen-bond donors (Lipinski definition) is 1. The number of fused-ring (bicyclic) bond motifs is 1. The first-order valence-electron chi connectivity index (χ1n) is 10.1. The van der Waals surface area contributed by atoms with Crippen molar-refractivity contribution in [1.29, 1.82) is 0 Å². The molecule has 1 fully saturated rings. The minimum atomic E-state index is -3.71. The first kappa shape index (κ1) is 20.0. The Morgan fingerprint density at radius 1 is 1.16 bits per heavy atom. The van der Waals surface area contributed by atoms with Gasteiger partial charge in [0.2, 0.25) is 5.91 Å². The van der Waals surface area contributed by atoms with Crippen molar-refractivity contribution in [2.45, 2.75) is 30.7 Å². The highest BCUT2D eigenvalue weighted by molar-refractivity contribution is 7.93. The van der Waals surface area contributed by atoms with Crippen LogP contribution in [0.4, 0.5) is 16.5 Å². The molecule has 0 radical (unpaired) electrons. The van der Waals surface area contributed by atoms with Crippen molar-refractivity contribution >= 4 is 43.8 Å². The third-order valence-electron chi connectivity index (χ3n) is 5.96. The van der Waals surface area contributed by atoms with E-state index in [1.165, 1.54) is 34.6 Å². The summed E-state index contributed by atoms with van der Waals surface area (Å²) in [5, 5.41) is 2.03. The van der Waals surface area contributed by atoms with Crippen molar-refractivity contribution in [2.75, 3.05) is 27.6 Å². The largest absolute Gasteiger partial charge is 0.359 e. The Bertz CT molecular complexity index is 1240. The Morgan fingerprint density at radius 3 is 2.71 bits per heavy atom. The number of amides is 1. The number of rotatable bonds is 5. The lowest BCUT2D eigenvalue weighted by Crippen LogP contribution is -2.41. The molecule has 2 aliphatic heterocycles. The van der Waals surface area contributed by atoms with Gasteiger partial charge in [0.25, 0.3) is 10.0 Å². The van der Waals surface area contributed by atoms with E-state index in [0.717, 1.165) is 25.1 Å². The Hall–Kier alpha value is -2.91. The van der Waals surface area contributed by atoms with E-state index >= 15 is 0 Å². The number of aromatic nitrogens is 1. The summed E-state index contributed by atoms with van der Waals surface area (Å²) in [5.74, 6) is 0.0610. The molecule has 1 N–H and O–H groups in total. The van der Waals surface area contributed by atoms with Crippen LogP contribution in [0.25, 0.3) is 0 Å². The van der Waals surface area contributed by atoms with Gasteiger partial charge in [-0.2, -0.15) is 0 Å². The smallest absolute Gasteiger partial charge is 0.263 e. The molecule has 31 heavy (non-hydrogen) atoms. The Morgan fingerprint density at radius 2 is 1.97 bits per heavy atom. The Kier molecular flexibility index (Phi) is 4.94. The van der Waals surface area contributed by atoms with Crippen LogP contribution in [0, 0.1) is 6.92 Å². The summed E-state index contributed by atoms with van der Waals surface area (Å²) in [5.41, 5.74) is 4.47. The lowest BCUT2D eigenvalue weighted by atomic mass is 10.1. The molecule has 3 aromatic rings. The number of sulfonamides is 1. The Labute approximate surface area is 188 Å². The van der Waals surface area contributed by atoms with E-state index < -0.39 is 10.0 Å². The van der Waals surface area contributed by atoms with Crippen molar-refractivity contribution in [2.24, 2.45) is 0 Å². The molecule has 0 saturated carbocycles. The molecule has 164 valence electrons. The molecule has 7 nitrogen and oxygen atoms in total. The Balaban J connectivity index is 0.00000153. The molecule has 2 aromatic carbocycles. The minimum Gasteiger partial charge on any atom is -0.359 e. The molecule has 1 atom stereocenters. The van der Waals surface area contributed by atoms with Crippen LogP contribution >= 0.6 is 11.3 Å². The summed E-state index contributed by atoms with van der Waals surface area (Å²) in [6, 6.07) is 12.5. The fourth-order valence-corrected chi connectivity index (χ4v) is 6.21. The minimum absolute atomic E-state index is 0. The van der Waals surface area contributed by atoms with Gasteiger partial charge in [-0.25, -0.2) is 13.4 Å². The fraction of sp³-hybridized carbons (Fsp3) is 0.273. The highest BCUT2D eigenvalue weighted by atomic mass is 32.2. The van der Waals surface area contributed by atoms with Gasteiger partial charge in [-0.15, -0.1) is 11.3 Å². The zero-order chi connectivity index (χ0) is 21.6. The van der Waals surface area contributed by atoms with Gasteiger partial charge in [-0.3, -0.25) is 9.52 Å². The van der Waals surface area contributed by atoms with Crippen molar-refractivity contribution in [3.05, 3.63) is 65.2 Å². The molecule has 3 heterocycles. The van der Waals surface area contributed by atoms with Crippen molar-refractivity contribution in [3.63, 3.8) is 0 Å². The second-order valence-corrected chi connectivity index (χ2v) is 10.3. The van der Waals surface area contributed by atoms with Gasteiger partial charge in [-0.05, 0) is 61.2 Å². The van der Waals surface area contributed by atoms with Crippen LogP contribution in [0.2, 0.25) is 0 Å². The van der Waals surface area contributed by atoms with E-state index in [-0.39, 0.29) is 19.7 Å². The zero-order valence-corrected chi connectivity index (χ0v) is 18.6. The maximum absolute atomic E-state index is 13.2. The van der Waals surface area contributed by atoms with Crippen LogP contribution in [0.15, 0.2) is 58.9 Å². The molecule has 0 spiro atoms. The number of aryl methyl sites for hydroxylation is 1. The van der Waals surface area contributed by atoms with E-state index in [4.69, 9.17) is 0 Å². The molecule has 1 amide bonds. The molecule has 5 rings (SSSR count). The number of carbonyl (C=O) groups excluding carboxylic acids is 1. The molecule has 0 bridgehead atoms.